The van der Waals surface area contributed by atoms with E-state index in [0.29, 0.717) is 6.61 Å². The molecule has 0 aromatic rings. The average molecular weight is 106 g/mol. The molecule has 1 rings (SSSR count). The Hall–Kier alpha value is -0.120. The van der Waals surface area contributed by atoms with Gasteiger partial charge < -0.3 is 14.6 Å². The van der Waals surface area contributed by atoms with Crippen molar-refractivity contribution < 1.29 is 14.6 Å². The van der Waals surface area contributed by atoms with Crippen molar-refractivity contribution in [3.05, 3.63) is 0 Å². The van der Waals surface area contributed by atoms with Crippen LogP contribution in [0.4, 0.5) is 0 Å². The highest BCUT2D eigenvalue weighted by atomic mass is 16.8. The summed E-state index contributed by atoms with van der Waals surface area (Å²) in [7, 11) is 0. The number of hydrogen-bond donors (Lipinski definition) is 1. The maximum absolute atomic E-state index is 8.38. The van der Waals surface area contributed by atoms with E-state index < -0.39 is 6.29 Å². The zero-order chi connectivity index (χ0) is 4.41. The van der Waals surface area contributed by atoms with E-state index in [4.69, 9.17) is 5.11 Å². The standard InChI is InChI=1S/C3H6O3.CH4/c4-3-1-5-2-6-3;/h3-4H,1-2H2;1H4. The van der Waals surface area contributed by atoms with Crippen LogP contribution >= 0.6 is 0 Å². The Labute approximate surface area is 42.9 Å². The van der Waals surface area contributed by atoms with Crippen LogP contribution < -0.4 is 0 Å². The molecule has 0 bridgehead atoms. The third-order valence-electron chi connectivity index (χ3n) is 0.604. The van der Waals surface area contributed by atoms with Crippen LogP contribution in [0.1, 0.15) is 7.43 Å². The summed E-state index contributed by atoms with van der Waals surface area (Å²) < 4.78 is 9.07. The summed E-state index contributed by atoms with van der Waals surface area (Å²) in [4.78, 5) is 0. The smallest absolute Gasteiger partial charge is 0.181 e. The molecule has 1 N–H and O–H groups in total. The van der Waals surface area contributed by atoms with Gasteiger partial charge in [0.25, 0.3) is 0 Å². The van der Waals surface area contributed by atoms with Gasteiger partial charge in [0.05, 0.1) is 0 Å². The topological polar surface area (TPSA) is 38.7 Å². The number of ether oxygens (including phenoxy) is 2. The summed E-state index contributed by atoms with van der Waals surface area (Å²) in [6.45, 7) is 0.557. The van der Waals surface area contributed by atoms with Gasteiger partial charge in [0.1, 0.15) is 13.4 Å². The molecule has 0 aliphatic carbocycles. The first kappa shape index (κ1) is 6.88. The predicted octanol–water partition coefficient (Wildman–Crippen LogP) is -0.0548. The van der Waals surface area contributed by atoms with Crippen LogP contribution in [0, 0.1) is 0 Å². The summed E-state index contributed by atoms with van der Waals surface area (Å²) in [5.41, 5.74) is 0. The predicted molar refractivity (Wildman–Crippen MR) is 24.6 cm³/mol. The molecule has 0 aromatic heterocycles. The summed E-state index contributed by atoms with van der Waals surface area (Å²) in [5, 5.41) is 8.38. The van der Waals surface area contributed by atoms with Crippen molar-refractivity contribution in [1.29, 1.82) is 0 Å². The highest BCUT2D eigenvalue weighted by Gasteiger charge is 2.09. The molecule has 1 saturated heterocycles. The van der Waals surface area contributed by atoms with E-state index in [2.05, 4.69) is 9.47 Å². The summed E-state index contributed by atoms with van der Waals surface area (Å²) in [6, 6.07) is 0. The third-order valence-corrected chi connectivity index (χ3v) is 0.604. The minimum Gasteiger partial charge on any atom is -0.366 e. The van der Waals surface area contributed by atoms with Crippen LogP contribution in [0.25, 0.3) is 0 Å². The van der Waals surface area contributed by atoms with E-state index in [0.717, 1.165) is 0 Å². The van der Waals surface area contributed by atoms with Crippen LogP contribution in [-0.4, -0.2) is 24.8 Å². The zero-order valence-corrected chi connectivity index (χ0v) is 3.26. The Morgan fingerprint density at radius 1 is 1.57 bits per heavy atom. The normalized spacial score (nSPS) is 29.6. The lowest BCUT2D eigenvalue weighted by Gasteiger charge is -1.90. The fourth-order valence-corrected chi connectivity index (χ4v) is 0.324. The van der Waals surface area contributed by atoms with Crippen LogP contribution in [0.3, 0.4) is 0 Å². The molecule has 44 valence electrons. The number of aliphatic hydroxyl groups is 1. The third kappa shape index (κ3) is 1.87. The average Bonchev–Trinajstić information content (AvgIpc) is 1.86. The van der Waals surface area contributed by atoms with Gasteiger partial charge in [-0.05, 0) is 0 Å². The van der Waals surface area contributed by atoms with Crippen molar-refractivity contribution >= 4 is 0 Å². The molecule has 0 amide bonds. The van der Waals surface area contributed by atoms with Crippen LogP contribution in [0.15, 0.2) is 0 Å². The molecule has 0 saturated carbocycles. The van der Waals surface area contributed by atoms with Gasteiger partial charge in [-0.15, -0.1) is 0 Å². The minimum atomic E-state index is -0.676. The minimum absolute atomic E-state index is 0. The SMILES string of the molecule is C.OC1COCO1. The van der Waals surface area contributed by atoms with Crippen molar-refractivity contribution in [2.24, 2.45) is 0 Å². The summed E-state index contributed by atoms with van der Waals surface area (Å²) >= 11 is 0. The molecule has 0 radical (unpaired) electrons. The second-order valence-electron chi connectivity index (χ2n) is 1.11. The lowest BCUT2D eigenvalue weighted by Crippen LogP contribution is -2.05. The summed E-state index contributed by atoms with van der Waals surface area (Å²) in [5.74, 6) is 0. The number of hydrogen-bond acceptors (Lipinski definition) is 3. The van der Waals surface area contributed by atoms with Gasteiger partial charge in [-0.25, -0.2) is 0 Å². The molecule has 3 nitrogen and oxygen atoms in total. The van der Waals surface area contributed by atoms with E-state index in [9.17, 15) is 0 Å². The quantitative estimate of drug-likeness (QED) is 0.470. The molecule has 1 fully saturated rings. The molecule has 1 unspecified atom stereocenters. The van der Waals surface area contributed by atoms with Gasteiger partial charge in [-0.2, -0.15) is 0 Å². The fraction of sp³-hybridized carbons (Fsp3) is 1.00. The Morgan fingerprint density at radius 2 is 2.29 bits per heavy atom. The molecular weight excluding hydrogens is 96.0 g/mol. The maximum Gasteiger partial charge on any atom is 0.181 e. The monoisotopic (exact) mass is 106 g/mol. The fourth-order valence-electron chi connectivity index (χ4n) is 0.324. The van der Waals surface area contributed by atoms with E-state index in [1.165, 1.54) is 0 Å². The van der Waals surface area contributed by atoms with Crippen molar-refractivity contribution in [1.82, 2.24) is 0 Å². The van der Waals surface area contributed by atoms with Gasteiger partial charge >= 0.3 is 0 Å². The highest BCUT2D eigenvalue weighted by Crippen LogP contribution is 1.96. The first-order valence-corrected chi connectivity index (χ1v) is 1.77. The molecular formula is C4H10O3. The summed E-state index contributed by atoms with van der Waals surface area (Å²) in [6.07, 6.45) is -0.676. The van der Waals surface area contributed by atoms with E-state index in [-0.39, 0.29) is 14.2 Å². The van der Waals surface area contributed by atoms with Gasteiger partial charge in [-0.3, -0.25) is 0 Å². The van der Waals surface area contributed by atoms with Gasteiger partial charge in [0, 0.05) is 0 Å². The number of aliphatic hydroxyl groups excluding tert-OH is 1. The molecule has 0 spiro atoms. The van der Waals surface area contributed by atoms with Crippen LogP contribution in [-0.2, 0) is 9.47 Å². The Morgan fingerprint density at radius 3 is 2.43 bits per heavy atom. The zero-order valence-electron chi connectivity index (χ0n) is 3.26. The molecule has 1 heterocycles. The largest absolute Gasteiger partial charge is 0.366 e. The van der Waals surface area contributed by atoms with Gasteiger partial charge in [-0.1, -0.05) is 7.43 Å². The lowest BCUT2D eigenvalue weighted by molar-refractivity contribution is -0.0580. The van der Waals surface area contributed by atoms with E-state index >= 15 is 0 Å². The molecule has 3 heteroatoms. The Bertz CT molecular complexity index is 40.2. The first-order chi connectivity index (χ1) is 2.89. The van der Waals surface area contributed by atoms with Crippen molar-refractivity contribution in [2.45, 2.75) is 13.7 Å². The Balaban J connectivity index is 0.000000360. The van der Waals surface area contributed by atoms with Gasteiger partial charge in [0.2, 0.25) is 0 Å². The van der Waals surface area contributed by atoms with E-state index in [1.54, 1.807) is 0 Å². The molecule has 7 heavy (non-hydrogen) atoms. The van der Waals surface area contributed by atoms with E-state index in [1.807, 2.05) is 0 Å². The van der Waals surface area contributed by atoms with Crippen LogP contribution in [0.5, 0.6) is 0 Å². The molecule has 0 aromatic carbocycles. The van der Waals surface area contributed by atoms with Crippen molar-refractivity contribution in [3.63, 3.8) is 0 Å². The van der Waals surface area contributed by atoms with Crippen LogP contribution in [0.2, 0.25) is 0 Å². The first-order valence-electron chi connectivity index (χ1n) is 1.77. The lowest BCUT2D eigenvalue weighted by atomic mass is 10.7. The van der Waals surface area contributed by atoms with Crippen molar-refractivity contribution in [2.75, 3.05) is 13.4 Å². The highest BCUT2D eigenvalue weighted by molar-refractivity contribution is 4.38. The molecule has 1 aliphatic rings. The maximum atomic E-state index is 8.38. The van der Waals surface area contributed by atoms with Gasteiger partial charge in [0.15, 0.2) is 6.29 Å². The second kappa shape index (κ2) is 2.96. The Kier molecular flexibility index (Phi) is 2.91. The number of rotatable bonds is 0. The second-order valence-corrected chi connectivity index (χ2v) is 1.11. The molecule has 1 aliphatic heterocycles. The molecule has 1 atom stereocenters. The van der Waals surface area contributed by atoms with Crippen molar-refractivity contribution in [3.8, 4) is 0 Å².